The van der Waals surface area contributed by atoms with Crippen molar-refractivity contribution in [2.75, 3.05) is 7.11 Å². The molecule has 0 aliphatic rings. The molecule has 0 radical (unpaired) electrons. The molecule has 0 N–H and O–H groups in total. The summed E-state index contributed by atoms with van der Waals surface area (Å²) in [5.41, 5.74) is 0. The van der Waals surface area contributed by atoms with Gasteiger partial charge in [0.15, 0.2) is 0 Å². The molecule has 90 valence electrons. The van der Waals surface area contributed by atoms with E-state index < -0.39 is 0 Å². The van der Waals surface area contributed by atoms with E-state index in [1.807, 2.05) is 35.0 Å². The number of aromatic nitrogens is 2. The molecule has 0 atom stereocenters. The smallest absolute Gasteiger partial charge is 0.302 e. The van der Waals surface area contributed by atoms with Crippen molar-refractivity contribution in [3.05, 3.63) is 36.7 Å². The van der Waals surface area contributed by atoms with Crippen LogP contribution in [0.3, 0.4) is 0 Å². The molecule has 1 aromatic heterocycles. The van der Waals surface area contributed by atoms with Gasteiger partial charge in [0.1, 0.15) is 11.5 Å². The molecule has 4 heteroatoms. The second-order valence-corrected chi connectivity index (χ2v) is 3.99. The van der Waals surface area contributed by atoms with Gasteiger partial charge in [-0.3, -0.25) is 4.57 Å². The third-order valence-corrected chi connectivity index (χ3v) is 2.44. The molecular weight excluding hydrogens is 216 g/mol. The maximum atomic E-state index is 5.73. The molecule has 0 unspecified atom stereocenters. The summed E-state index contributed by atoms with van der Waals surface area (Å²) in [5.74, 6) is 1.49. The lowest BCUT2D eigenvalue weighted by Crippen LogP contribution is -2.02. The molecule has 0 saturated carbocycles. The number of nitrogens with zero attached hydrogens (tertiary/aromatic N) is 2. The van der Waals surface area contributed by atoms with Crippen LogP contribution < -0.4 is 9.47 Å². The van der Waals surface area contributed by atoms with Crippen LogP contribution in [0.25, 0.3) is 0 Å². The van der Waals surface area contributed by atoms with E-state index in [0.717, 1.165) is 11.5 Å². The van der Waals surface area contributed by atoms with Crippen molar-refractivity contribution in [2.24, 2.45) is 0 Å². The van der Waals surface area contributed by atoms with Crippen LogP contribution in [0, 0.1) is 0 Å². The molecule has 1 aromatic carbocycles. The van der Waals surface area contributed by atoms with Crippen LogP contribution in [0.1, 0.15) is 19.9 Å². The topological polar surface area (TPSA) is 36.3 Å². The first-order chi connectivity index (χ1) is 8.20. The Morgan fingerprint density at radius 1 is 1.24 bits per heavy atom. The summed E-state index contributed by atoms with van der Waals surface area (Å²) >= 11 is 0. The second kappa shape index (κ2) is 4.91. The molecule has 17 heavy (non-hydrogen) atoms. The predicted octanol–water partition coefficient (Wildman–Crippen LogP) is 3.26. The zero-order valence-electron chi connectivity index (χ0n) is 10.3. The van der Waals surface area contributed by atoms with Crippen LogP contribution in [0.15, 0.2) is 36.7 Å². The number of rotatable bonds is 4. The molecule has 0 bridgehead atoms. The number of ether oxygens (including phenoxy) is 2. The van der Waals surface area contributed by atoms with Crippen molar-refractivity contribution in [1.29, 1.82) is 0 Å². The van der Waals surface area contributed by atoms with Gasteiger partial charge < -0.3 is 9.47 Å². The third kappa shape index (κ3) is 2.58. The van der Waals surface area contributed by atoms with E-state index in [1.54, 1.807) is 13.3 Å². The fourth-order valence-electron chi connectivity index (χ4n) is 1.54. The number of benzene rings is 1. The SMILES string of the molecule is COc1cccc(Oc2nccn2C(C)C)c1. The van der Waals surface area contributed by atoms with Gasteiger partial charge in [-0.05, 0) is 26.0 Å². The molecule has 4 nitrogen and oxygen atoms in total. The highest BCUT2D eigenvalue weighted by Crippen LogP contribution is 2.25. The first kappa shape index (κ1) is 11.5. The van der Waals surface area contributed by atoms with Crippen LogP contribution in [0.5, 0.6) is 17.5 Å². The number of hydrogen-bond donors (Lipinski definition) is 0. The lowest BCUT2D eigenvalue weighted by Gasteiger charge is -2.12. The van der Waals surface area contributed by atoms with Crippen LogP contribution in [-0.4, -0.2) is 16.7 Å². The summed E-state index contributed by atoms with van der Waals surface area (Å²) in [6.45, 7) is 4.17. The monoisotopic (exact) mass is 232 g/mol. The van der Waals surface area contributed by atoms with E-state index in [2.05, 4.69) is 18.8 Å². The highest BCUT2D eigenvalue weighted by molar-refractivity contribution is 5.34. The third-order valence-electron chi connectivity index (χ3n) is 2.44. The van der Waals surface area contributed by atoms with Crippen LogP contribution in [0.4, 0.5) is 0 Å². The Kier molecular flexibility index (Phi) is 3.32. The Hall–Kier alpha value is -1.97. The summed E-state index contributed by atoms with van der Waals surface area (Å²) in [7, 11) is 1.63. The molecule has 2 rings (SSSR count). The van der Waals surface area contributed by atoms with Gasteiger partial charge >= 0.3 is 6.01 Å². The number of imidazole rings is 1. The van der Waals surface area contributed by atoms with E-state index in [0.29, 0.717) is 12.1 Å². The van der Waals surface area contributed by atoms with Gasteiger partial charge in [0, 0.05) is 24.5 Å². The molecule has 0 amide bonds. The van der Waals surface area contributed by atoms with Gasteiger partial charge in [0.25, 0.3) is 0 Å². The summed E-state index contributed by atoms with van der Waals surface area (Å²) in [4.78, 5) is 4.19. The number of hydrogen-bond acceptors (Lipinski definition) is 3. The van der Waals surface area contributed by atoms with Gasteiger partial charge in [-0.1, -0.05) is 6.07 Å². The van der Waals surface area contributed by atoms with Crippen molar-refractivity contribution < 1.29 is 9.47 Å². The van der Waals surface area contributed by atoms with Crippen molar-refractivity contribution in [1.82, 2.24) is 9.55 Å². The Bertz CT molecular complexity index is 492. The molecule has 2 aromatic rings. The molecule has 0 aliphatic carbocycles. The maximum absolute atomic E-state index is 5.73. The van der Waals surface area contributed by atoms with Crippen molar-refractivity contribution >= 4 is 0 Å². The first-order valence-corrected chi connectivity index (χ1v) is 5.55. The summed E-state index contributed by atoms with van der Waals surface area (Å²) < 4.78 is 12.8. The van der Waals surface area contributed by atoms with E-state index in [1.165, 1.54) is 0 Å². The average Bonchev–Trinajstić information content (AvgIpc) is 2.77. The Morgan fingerprint density at radius 2 is 2.00 bits per heavy atom. The van der Waals surface area contributed by atoms with Gasteiger partial charge in [0.05, 0.1) is 7.11 Å². The zero-order valence-corrected chi connectivity index (χ0v) is 10.3. The van der Waals surface area contributed by atoms with Gasteiger partial charge in [-0.2, -0.15) is 0 Å². The minimum Gasteiger partial charge on any atom is -0.497 e. The summed E-state index contributed by atoms with van der Waals surface area (Å²) in [6, 6.07) is 8.38. The molecule has 0 saturated heterocycles. The molecular formula is C13H16N2O2. The number of methoxy groups -OCH3 is 1. The molecule has 0 aliphatic heterocycles. The summed E-state index contributed by atoms with van der Waals surface area (Å²) in [5, 5.41) is 0. The quantitative estimate of drug-likeness (QED) is 0.811. The van der Waals surface area contributed by atoms with Crippen molar-refractivity contribution in [2.45, 2.75) is 19.9 Å². The highest BCUT2D eigenvalue weighted by atomic mass is 16.5. The highest BCUT2D eigenvalue weighted by Gasteiger charge is 2.08. The van der Waals surface area contributed by atoms with Crippen molar-refractivity contribution in [3.63, 3.8) is 0 Å². The van der Waals surface area contributed by atoms with E-state index >= 15 is 0 Å². The lowest BCUT2D eigenvalue weighted by molar-refractivity contribution is 0.385. The van der Waals surface area contributed by atoms with E-state index in [4.69, 9.17) is 9.47 Å². The largest absolute Gasteiger partial charge is 0.497 e. The molecule has 0 spiro atoms. The van der Waals surface area contributed by atoms with E-state index in [9.17, 15) is 0 Å². The second-order valence-electron chi connectivity index (χ2n) is 3.99. The normalized spacial score (nSPS) is 10.6. The standard InChI is InChI=1S/C13H16N2O2/c1-10(2)15-8-7-14-13(15)17-12-6-4-5-11(9-12)16-3/h4-10H,1-3H3. The predicted molar refractivity (Wildman–Crippen MR) is 65.7 cm³/mol. The fraction of sp³-hybridized carbons (Fsp3) is 0.308. The average molecular weight is 232 g/mol. The lowest BCUT2D eigenvalue weighted by atomic mass is 10.3. The minimum absolute atomic E-state index is 0.318. The minimum atomic E-state index is 0.318. The van der Waals surface area contributed by atoms with Gasteiger partial charge in [-0.15, -0.1) is 0 Å². The first-order valence-electron chi connectivity index (χ1n) is 5.55. The summed E-state index contributed by atoms with van der Waals surface area (Å²) in [6.07, 6.45) is 3.63. The van der Waals surface area contributed by atoms with E-state index in [-0.39, 0.29) is 0 Å². The Labute approximate surface area is 101 Å². The Balaban J connectivity index is 2.22. The molecule has 0 fully saturated rings. The van der Waals surface area contributed by atoms with Gasteiger partial charge in [0.2, 0.25) is 0 Å². The van der Waals surface area contributed by atoms with Crippen LogP contribution >= 0.6 is 0 Å². The van der Waals surface area contributed by atoms with Crippen LogP contribution in [-0.2, 0) is 0 Å². The zero-order chi connectivity index (χ0) is 12.3. The van der Waals surface area contributed by atoms with Crippen LogP contribution in [0.2, 0.25) is 0 Å². The van der Waals surface area contributed by atoms with Gasteiger partial charge in [-0.25, -0.2) is 4.98 Å². The fourth-order valence-corrected chi connectivity index (χ4v) is 1.54. The Morgan fingerprint density at radius 3 is 2.71 bits per heavy atom. The van der Waals surface area contributed by atoms with Crippen molar-refractivity contribution in [3.8, 4) is 17.5 Å². The maximum Gasteiger partial charge on any atom is 0.302 e. The molecule has 1 heterocycles.